The second kappa shape index (κ2) is 38.7. The van der Waals surface area contributed by atoms with E-state index in [1.165, 1.54) is 141 Å². The van der Waals surface area contributed by atoms with Crippen LogP contribution in [0.2, 0.25) is 8.87 Å². The van der Waals surface area contributed by atoms with Crippen molar-refractivity contribution in [1.29, 1.82) is 0 Å². The van der Waals surface area contributed by atoms with Crippen molar-refractivity contribution in [2.75, 3.05) is 11.5 Å². The molecule has 2 atom stereocenters. The summed E-state index contributed by atoms with van der Waals surface area (Å²) < 4.78 is 15.2. The molecule has 0 amide bonds. The fourth-order valence-electron chi connectivity index (χ4n) is 7.35. The fourth-order valence-corrected chi connectivity index (χ4v) is 17.5. The number of thiol groups is 2. The Balaban J connectivity index is 5.83. The van der Waals surface area contributed by atoms with Crippen LogP contribution in [0.3, 0.4) is 0 Å². The number of carbonyl (C=O) groups excluding carboxylic acids is 2. The first kappa shape index (κ1) is 51.4. The summed E-state index contributed by atoms with van der Waals surface area (Å²) in [5, 5.41) is 0. The Morgan fingerprint density at radius 3 is 0.922 bits per heavy atom. The Morgan fingerprint density at radius 1 is 0.392 bits per heavy atom. The van der Waals surface area contributed by atoms with Gasteiger partial charge in [-0.3, -0.25) is 0 Å². The molecule has 0 heterocycles. The minimum atomic E-state index is -4.14. The Kier molecular flexibility index (Phi) is 39.0. The van der Waals surface area contributed by atoms with E-state index in [4.69, 9.17) is 6.15 Å². The molecule has 0 radical (unpaired) electrons. The van der Waals surface area contributed by atoms with Crippen molar-refractivity contribution in [2.24, 2.45) is 11.8 Å². The first-order valence-electron chi connectivity index (χ1n) is 22.6. The molecular weight excluding hydrogens is 775 g/mol. The maximum absolute atomic E-state index is 14.1. The van der Waals surface area contributed by atoms with Crippen molar-refractivity contribution in [3.8, 4) is 0 Å². The van der Waals surface area contributed by atoms with E-state index in [-0.39, 0.29) is 23.8 Å². The third kappa shape index (κ3) is 30.4. The smallest absolute Gasteiger partial charge is 0.0654 e. The first-order valence-corrected chi connectivity index (χ1v) is 30.2. The van der Waals surface area contributed by atoms with E-state index in [2.05, 4.69) is 53.0 Å². The van der Waals surface area contributed by atoms with Crippen LogP contribution < -0.4 is 0 Å². The SMILES string of the molecule is CCCCCCCCCCC(CCS)C(=O)[O][Sn]([CH2]CCCCCCC)([CH2]CCCCCCC)[O]C(=O)C(CCS)CCCCCCCCCC. The van der Waals surface area contributed by atoms with Crippen molar-refractivity contribution >= 4 is 56.4 Å². The van der Waals surface area contributed by atoms with E-state index in [1.54, 1.807) is 0 Å². The van der Waals surface area contributed by atoms with Crippen LogP contribution in [0.15, 0.2) is 0 Å². The maximum atomic E-state index is 14.1. The van der Waals surface area contributed by atoms with Crippen molar-refractivity contribution in [3.05, 3.63) is 0 Å². The van der Waals surface area contributed by atoms with Gasteiger partial charge in [-0.15, -0.1) is 0 Å². The molecule has 0 bridgehead atoms. The van der Waals surface area contributed by atoms with E-state index in [0.29, 0.717) is 11.5 Å². The minimum Gasteiger partial charge on any atom is -0.0654 e. The van der Waals surface area contributed by atoms with Crippen LogP contribution in [0.25, 0.3) is 0 Å². The fraction of sp³-hybridized carbons (Fsp3) is 0.955. The van der Waals surface area contributed by atoms with Crippen LogP contribution in [0.4, 0.5) is 0 Å². The normalized spacial score (nSPS) is 13.0. The van der Waals surface area contributed by atoms with Crippen LogP contribution in [0, 0.1) is 11.8 Å². The van der Waals surface area contributed by atoms with Gasteiger partial charge < -0.3 is 0 Å². The van der Waals surface area contributed by atoms with Crippen molar-refractivity contribution < 1.29 is 15.7 Å². The second-order valence-electron chi connectivity index (χ2n) is 15.7. The summed E-state index contributed by atoms with van der Waals surface area (Å²) in [5.74, 6) is 0.907. The molecule has 0 aliphatic rings. The molecule has 0 aromatic carbocycles. The second-order valence-corrected chi connectivity index (χ2v) is 25.8. The summed E-state index contributed by atoms with van der Waals surface area (Å²) in [6.45, 7) is 9.04. The van der Waals surface area contributed by atoms with Crippen LogP contribution in [0.1, 0.15) is 233 Å². The number of hydrogen-bond acceptors (Lipinski definition) is 6. The topological polar surface area (TPSA) is 52.6 Å². The predicted molar refractivity (Wildman–Crippen MR) is 233 cm³/mol. The van der Waals surface area contributed by atoms with Gasteiger partial charge in [-0.25, -0.2) is 0 Å². The molecule has 0 fully saturated rings. The molecule has 2 unspecified atom stereocenters. The van der Waals surface area contributed by atoms with Gasteiger partial charge in [0, 0.05) is 0 Å². The van der Waals surface area contributed by atoms with Gasteiger partial charge >= 0.3 is 324 Å². The van der Waals surface area contributed by atoms with Gasteiger partial charge in [0.1, 0.15) is 0 Å². The molecule has 0 N–H and O–H groups in total. The average Bonchev–Trinajstić information content (AvgIpc) is 3.12. The molecule has 7 heteroatoms. The van der Waals surface area contributed by atoms with E-state index in [9.17, 15) is 9.59 Å². The molecule has 304 valence electrons. The van der Waals surface area contributed by atoms with Gasteiger partial charge in [-0.05, 0) is 0 Å². The Hall–Kier alpha value is 0.439. The van der Waals surface area contributed by atoms with Gasteiger partial charge in [0.05, 0.1) is 0 Å². The Bertz CT molecular complexity index is 705. The minimum absolute atomic E-state index is 0.0821. The van der Waals surface area contributed by atoms with E-state index in [1.807, 2.05) is 0 Å². The zero-order valence-corrected chi connectivity index (χ0v) is 39.3. The number of hydrogen-bond donors (Lipinski definition) is 2. The molecule has 51 heavy (non-hydrogen) atoms. The molecule has 0 spiro atoms. The van der Waals surface area contributed by atoms with Gasteiger partial charge in [-0.2, -0.15) is 0 Å². The summed E-state index contributed by atoms with van der Waals surface area (Å²) in [5.41, 5.74) is 0. The zero-order chi connectivity index (χ0) is 37.7. The van der Waals surface area contributed by atoms with Crippen molar-refractivity contribution in [3.63, 3.8) is 0 Å². The molecule has 0 saturated carbocycles. The van der Waals surface area contributed by atoms with Crippen LogP contribution in [0.5, 0.6) is 0 Å². The molecule has 0 aromatic heterocycles. The molecule has 4 nitrogen and oxygen atoms in total. The molecule has 0 aliphatic carbocycles. The Labute approximate surface area is 335 Å². The quantitative estimate of drug-likeness (QED) is 0.0366. The summed E-state index contributed by atoms with van der Waals surface area (Å²) in [4.78, 5) is 28.3. The van der Waals surface area contributed by atoms with Crippen LogP contribution in [-0.4, -0.2) is 42.6 Å². The van der Waals surface area contributed by atoms with Gasteiger partial charge in [0.15, 0.2) is 0 Å². The Morgan fingerprint density at radius 2 is 0.647 bits per heavy atom. The van der Waals surface area contributed by atoms with Crippen molar-refractivity contribution in [1.82, 2.24) is 0 Å². The number of unbranched alkanes of at least 4 members (excludes halogenated alkanes) is 24. The van der Waals surface area contributed by atoms with Gasteiger partial charge in [-0.1, -0.05) is 13.8 Å². The summed E-state index contributed by atoms with van der Waals surface area (Å²) in [6.07, 6.45) is 37.4. The van der Waals surface area contributed by atoms with Crippen LogP contribution >= 0.6 is 25.3 Å². The van der Waals surface area contributed by atoms with Crippen molar-refractivity contribution in [2.45, 2.75) is 242 Å². The van der Waals surface area contributed by atoms with E-state index in [0.717, 1.165) is 73.1 Å². The third-order valence-electron chi connectivity index (χ3n) is 10.8. The first-order chi connectivity index (χ1) is 24.9. The van der Waals surface area contributed by atoms with Gasteiger partial charge in [0.2, 0.25) is 0 Å². The predicted octanol–water partition coefficient (Wildman–Crippen LogP) is 15.2. The molecule has 0 saturated heterocycles. The number of rotatable bonds is 40. The zero-order valence-electron chi connectivity index (χ0n) is 34.6. The standard InChI is InChI=1S/2C14H28O2S.2C8H17.Sn/c2*1-2-3-4-5-6-7-8-9-10-13(11-12-17)14(15)16;2*1-3-5-7-8-6-4-2;/h2*13,17H,2-12H2,1H3,(H,15,16);2*1,3-8H2,2H3;/q;;;;+2/p-2. The van der Waals surface area contributed by atoms with Gasteiger partial charge in [0.25, 0.3) is 0 Å². The van der Waals surface area contributed by atoms with Crippen LogP contribution in [-0.2, 0) is 15.7 Å². The number of carbonyl (C=O) groups is 2. The van der Waals surface area contributed by atoms with E-state index < -0.39 is 19.2 Å². The molecule has 0 aromatic rings. The summed E-state index contributed by atoms with van der Waals surface area (Å²) in [6, 6.07) is 0. The molecule has 0 aliphatic heterocycles. The molecule has 0 rings (SSSR count). The average molecular weight is 864 g/mol. The summed E-state index contributed by atoms with van der Waals surface area (Å²) >= 11 is 4.98. The third-order valence-corrected chi connectivity index (χ3v) is 21.0. The monoisotopic (exact) mass is 865 g/mol. The summed E-state index contributed by atoms with van der Waals surface area (Å²) in [7, 11) is 0. The van der Waals surface area contributed by atoms with E-state index >= 15 is 0 Å². The molecular formula is C44H88O4S2Sn.